The van der Waals surface area contributed by atoms with Gasteiger partial charge in [0.25, 0.3) is 5.56 Å². The van der Waals surface area contributed by atoms with Crippen LogP contribution in [0.1, 0.15) is 34.6 Å². The number of primary amides is 1. The molecule has 2 N–H and O–H groups in total. The molecular weight excluding hydrogens is 483 g/mol. The Kier molecular flexibility index (Phi) is 5.87. The number of rotatable bonds is 5. The van der Waals surface area contributed by atoms with Gasteiger partial charge in [-0.15, -0.1) is 0 Å². The van der Waals surface area contributed by atoms with Gasteiger partial charge in [-0.1, -0.05) is 6.07 Å². The average Bonchev–Trinajstić information content (AvgIpc) is 3.27. The number of carbonyl (C=O) groups is 1. The minimum atomic E-state index is -4.47. The van der Waals surface area contributed by atoms with Gasteiger partial charge in [0.05, 0.1) is 28.5 Å². The molecule has 0 unspecified atom stereocenters. The zero-order chi connectivity index (χ0) is 26.3. The molecule has 0 radical (unpaired) electrons. The van der Waals surface area contributed by atoms with Gasteiger partial charge in [0, 0.05) is 35.0 Å². The van der Waals surface area contributed by atoms with Crippen molar-refractivity contribution >= 4 is 16.8 Å². The molecule has 0 aliphatic carbocycles. The van der Waals surface area contributed by atoms with Crippen molar-refractivity contribution in [2.24, 2.45) is 5.73 Å². The molecule has 0 aliphatic rings. The van der Waals surface area contributed by atoms with E-state index in [1.807, 2.05) is 19.1 Å². The first-order valence-electron chi connectivity index (χ1n) is 11.3. The summed E-state index contributed by atoms with van der Waals surface area (Å²) >= 11 is 0. The standard InChI is InChI=1S/C27H20F3N5O2/c1-16(22-4-2-3-12-32-22)34-13-11-17(15-24(34)36)25-21-14-18(26(31)37)5-10-23(21)35(33-25)20-8-6-19(7-9-20)27(28,29)30/h2-16H,1H3,(H2,31,37)/t16-/m0/s1. The quantitative estimate of drug-likeness (QED) is 0.366. The topological polar surface area (TPSA) is 95.8 Å². The van der Waals surface area contributed by atoms with Crippen LogP contribution in [-0.4, -0.2) is 25.2 Å². The molecule has 1 amide bonds. The highest BCUT2D eigenvalue weighted by molar-refractivity contribution is 6.01. The zero-order valence-corrected chi connectivity index (χ0v) is 19.5. The fourth-order valence-corrected chi connectivity index (χ4v) is 4.20. The number of fused-ring (bicyclic) bond motifs is 1. The molecule has 7 nitrogen and oxygen atoms in total. The van der Waals surface area contributed by atoms with Gasteiger partial charge in [-0.2, -0.15) is 18.3 Å². The Labute approximate surface area is 208 Å². The maximum Gasteiger partial charge on any atom is 0.416 e. The minimum Gasteiger partial charge on any atom is -0.366 e. The molecule has 0 fully saturated rings. The summed E-state index contributed by atoms with van der Waals surface area (Å²) in [6.45, 7) is 1.86. The lowest BCUT2D eigenvalue weighted by molar-refractivity contribution is -0.137. The van der Waals surface area contributed by atoms with Crippen molar-refractivity contribution < 1.29 is 18.0 Å². The molecule has 3 heterocycles. The van der Waals surface area contributed by atoms with Gasteiger partial charge in [0.2, 0.25) is 5.91 Å². The second-order valence-corrected chi connectivity index (χ2v) is 8.49. The van der Waals surface area contributed by atoms with Crippen molar-refractivity contribution in [1.29, 1.82) is 0 Å². The number of halogens is 3. The van der Waals surface area contributed by atoms with E-state index in [0.717, 1.165) is 17.8 Å². The van der Waals surface area contributed by atoms with Gasteiger partial charge in [0.1, 0.15) is 5.69 Å². The molecule has 0 aliphatic heterocycles. The number of nitrogens with zero attached hydrogens (tertiary/aromatic N) is 4. The Hall–Kier alpha value is -4.73. The maximum atomic E-state index is 13.1. The third-order valence-corrected chi connectivity index (χ3v) is 6.16. The van der Waals surface area contributed by atoms with Crippen LogP contribution in [0.15, 0.2) is 90.0 Å². The molecule has 0 bridgehead atoms. The molecule has 0 saturated heterocycles. The van der Waals surface area contributed by atoms with E-state index in [9.17, 15) is 22.8 Å². The molecule has 0 saturated carbocycles. The van der Waals surface area contributed by atoms with Crippen LogP contribution in [0, 0.1) is 0 Å². The third-order valence-electron chi connectivity index (χ3n) is 6.16. The highest BCUT2D eigenvalue weighted by atomic mass is 19.4. The van der Waals surface area contributed by atoms with Crippen molar-refractivity contribution in [3.63, 3.8) is 0 Å². The summed E-state index contributed by atoms with van der Waals surface area (Å²) in [6.07, 6.45) is -1.18. The van der Waals surface area contributed by atoms with E-state index in [1.54, 1.807) is 36.7 Å². The van der Waals surface area contributed by atoms with Crippen molar-refractivity contribution in [3.8, 4) is 16.9 Å². The number of benzene rings is 2. The zero-order valence-electron chi connectivity index (χ0n) is 19.5. The van der Waals surface area contributed by atoms with Gasteiger partial charge in [0.15, 0.2) is 0 Å². The smallest absolute Gasteiger partial charge is 0.366 e. The fraction of sp³-hybridized carbons (Fsp3) is 0.111. The Morgan fingerprint density at radius 3 is 2.38 bits per heavy atom. The van der Waals surface area contributed by atoms with Crippen LogP contribution in [0.2, 0.25) is 0 Å². The Morgan fingerprint density at radius 2 is 1.76 bits per heavy atom. The fourth-order valence-electron chi connectivity index (χ4n) is 4.20. The lowest BCUT2D eigenvalue weighted by Crippen LogP contribution is -2.23. The van der Waals surface area contributed by atoms with E-state index in [0.29, 0.717) is 27.8 Å². The number of nitrogens with two attached hydrogens (primary N) is 1. The average molecular weight is 503 g/mol. The van der Waals surface area contributed by atoms with Crippen LogP contribution in [0.5, 0.6) is 0 Å². The van der Waals surface area contributed by atoms with Crippen LogP contribution in [0.25, 0.3) is 27.8 Å². The molecule has 2 aromatic carbocycles. The van der Waals surface area contributed by atoms with Crippen molar-refractivity contribution in [1.82, 2.24) is 19.3 Å². The molecule has 5 aromatic rings. The SMILES string of the molecule is C[C@@H](c1ccccn1)n1ccc(-c2nn(-c3ccc(C(F)(F)F)cc3)c3ccc(C(N)=O)cc23)cc1=O. The lowest BCUT2D eigenvalue weighted by atomic mass is 10.1. The van der Waals surface area contributed by atoms with Crippen LogP contribution in [0.4, 0.5) is 13.2 Å². The van der Waals surface area contributed by atoms with Crippen molar-refractivity contribution in [2.45, 2.75) is 19.1 Å². The highest BCUT2D eigenvalue weighted by Gasteiger charge is 2.30. The van der Waals surface area contributed by atoms with E-state index >= 15 is 0 Å². The molecule has 10 heteroatoms. The first-order chi connectivity index (χ1) is 17.6. The number of carbonyl (C=O) groups excluding carboxylic acids is 1. The van der Waals surface area contributed by atoms with Gasteiger partial charge >= 0.3 is 6.18 Å². The monoisotopic (exact) mass is 503 g/mol. The van der Waals surface area contributed by atoms with Crippen LogP contribution < -0.4 is 11.3 Å². The normalized spacial score (nSPS) is 12.5. The largest absolute Gasteiger partial charge is 0.416 e. The van der Waals surface area contributed by atoms with E-state index in [-0.39, 0.29) is 17.2 Å². The molecule has 1 atom stereocenters. The van der Waals surface area contributed by atoms with Crippen molar-refractivity contribution in [3.05, 3.63) is 112 Å². The number of aromatic nitrogens is 4. The predicted molar refractivity (Wildman–Crippen MR) is 132 cm³/mol. The van der Waals surface area contributed by atoms with Crippen molar-refractivity contribution in [2.75, 3.05) is 0 Å². The second kappa shape index (κ2) is 9.05. The Balaban J connectivity index is 1.64. The van der Waals surface area contributed by atoms with Gasteiger partial charge in [-0.3, -0.25) is 14.6 Å². The van der Waals surface area contributed by atoms with E-state index in [4.69, 9.17) is 5.73 Å². The first kappa shape index (κ1) is 24.0. The second-order valence-electron chi connectivity index (χ2n) is 8.49. The summed E-state index contributed by atoms with van der Waals surface area (Å²) < 4.78 is 42.2. The van der Waals surface area contributed by atoms with Gasteiger partial charge in [-0.25, -0.2) is 4.68 Å². The van der Waals surface area contributed by atoms with E-state index in [1.165, 1.54) is 33.5 Å². The summed E-state index contributed by atoms with van der Waals surface area (Å²) in [4.78, 5) is 29.2. The number of alkyl halides is 3. The maximum absolute atomic E-state index is 13.1. The first-order valence-corrected chi connectivity index (χ1v) is 11.3. The van der Waals surface area contributed by atoms with E-state index < -0.39 is 17.6 Å². The molecule has 3 aromatic heterocycles. The summed E-state index contributed by atoms with van der Waals surface area (Å²) in [5.41, 5.74) is 7.13. The predicted octanol–water partition coefficient (Wildman–Crippen LogP) is 4.98. The summed E-state index contributed by atoms with van der Waals surface area (Å²) in [7, 11) is 0. The number of amides is 1. The lowest BCUT2D eigenvalue weighted by Gasteiger charge is -2.14. The summed E-state index contributed by atoms with van der Waals surface area (Å²) in [5, 5.41) is 5.14. The summed E-state index contributed by atoms with van der Waals surface area (Å²) in [5.74, 6) is -0.644. The molecular formula is C27H20F3N5O2. The highest BCUT2D eigenvalue weighted by Crippen LogP contribution is 2.33. The third kappa shape index (κ3) is 4.49. The molecule has 5 rings (SSSR count). The van der Waals surface area contributed by atoms with Gasteiger partial charge < -0.3 is 10.3 Å². The minimum absolute atomic E-state index is 0.234. The van der Waals surface area contributed by atoms with Crippen LogP contribution in [0.3, 0.4) is 0 Å². The molecule has 37 heavy (non-hydrogen) atoms. The number of hydrogen-bond acceptors (Lipinski definition) is 4. The van der Waals surface area contributed by atoms with E-state index in [2.05, 4.69) is 10.1 Å². The van der Waals surface area contributed by atoms with Crippen LogP contribution >= 0.6 is 0 Å². The molecule has 0 spiro atoms. The number of pyridine rings is 2. The van der Waals surface area contributed by atoms with Crippen LogP contribution in [-0.2, 0) is 6.18 Å². The molecule has 186 valence electrons. The summed E-state index contributed by atoms with van der Waals surface area (Å²) in [6, 6.07) is 17.6. The number of hydrogen-bond donors (Lipinski definition) is 1. The Bertz CT molecular complexity index is 1670. The Morgan fingerprint density at radius 1 is 1.00 bits per heavy atom. The van der Waals surface area contributed by atoms with Gasteiger partial charge in [-0.05, 0) is 67.6 Å².